The van der Waals surface area contributed by atoms with Gasteiger partial charge in [-0.3, -0.25) is 4.79 Å². The number of benzene rings is 2. The maximum atomic E-state index is 12.3. The molecule has 0 saturated carbocycles. The van der Waals surface area contributed by atoms with E-state index in [2.05, 4.69) is 0 Å². The second kappa shape index (κ2) is 9.37. The smallest absolute Gasteiger partial charge is 0.338 e. The quantitative estimate of drug-likeness (QED) is 0.509. The van der Waals surface area contributed by atoms with Crippen LogP contribution in [0.1, 0.15) is 46.0 Å². The summed E-state index contributed by atoms with van der Waals surface area (Å²) in [7, 11) is 1.53. The van der Waals surface area contributed by atoms with E-state index < -0.39 is 5.97 Å². The first-order valence-electron chi connectivity index (χ1n) is 9.26. The molecule has 0 spiro atoms. The third-order valence-electron chi connectivity index (χ3n) is 4.60. The number of rotatable bonds is 8. The van der Waals surface area contributed by atoms with Crippen LogP contribution < -0.4 is 9.47 Å². The normalized spacial score (nSPS) is 15.9. The summed E-state index contributed by atoms with van der Waals surface area (Å²) >= 11 is 0. The minimum Gasteiger partial charge on any atom is -0.496 e. The Bertz CT molecular complexity index is 821. The zero-order valence-corrected chi connectivity index (χ0v) is 16.1. The highest BCUT2D eigenvalue weighted by Gasteiger charge is 2.16. The molecule has 0 aliphatic carbocycles. The van der Waals surface area contributed by atoms with Crippen molar-refractivity contribution in [1.29, 1.82) is 0 Å². The van der Waals surface area contributed by atoms with E-state index in [0.29, 0.717) is 34.8 Å². The average Bonchev–Trinajstić information content (AvgIpc) is 3.24. The Kier molecular flexibility index (Phi) is 6.66. The molecule has 1 aliphatic rings. The van der Waals surface area contributed by atoms with Gasteiger partial charge in [0.15, 0.2) is 5.78 Å². The second-order valence-corrected chi connectivity index (χ2v) is 6.63. The molecule has 0 unspecified atom stereocenters. The summed E-state index contributed by atoms with van der Waals surface area (Å²) < 4.78 is 21.9. The highest BCUT2D eigenvalue weighted by molar-refractivity contribution is 5.94. The fourth-order valence-corrected chi connectivity index (χ4v) is 2.99. The van der Waals surface area contributed by atoms with Gasteiger partial charge in [0, 0.05) is 17.7 Å². The predicted molar refractivity (Wildman–Crippen MR) is 103 cm³/mol. The van der Waals surface area contributed by atoms with Gasteiger partial charge in [-0.2, -0.15) is 0 Å². The Labute approximate surface area is 164 Å². The molecule has 28 heavy (non-hydrogen) atoms. The molecule has 0 amide bonds. The van der Waals surface area contributed by atoms with Gasteiger partial charge in [-0.15, -0.1) is 0 Å². The van der Waals surface area contributed by atoms with E-state index in [1.807, 2.05) is 0 Å². The van der Waals surface area contributed by atoms with Crippen LogP contribution in [0, 0.1) is 0 Å². The molecule has 1 fully saturated rings. The molecule has 6 heteroatoms. The Morgan fingerprint density at radius 3 is 2.50 bits per heavy atom. The van der Waals surface area contributed by atoms with Gasteiger partial charge >= 0.3 is 5.97 Å². The molecule has 0 radical (unpaired) electrons. The highest BCUT2D eigenvalue weighted by atomic mass is 16.5. The first-order chi connectivity index (χ1) is 13.6. The summed E-state index contributed by atoms with van der Waals surface area (Å²) in [6, 6.07) is 11.9. The van der Waals surface area contributed by atoms with Crippen molar-refractivity contribution in [3.63, 3.8) is 0 Å². The topological polar surface area (TPSA) is 71.1 Å². The lowest BCUT2D eigenvalue weighted by Crippen LogP contribution is -2.16. The highest BCUT2D eigenvalue weighted by Crippen LogP contribution is 2.22. The van der Waals surface area contributed by atoms with Gasteiger partial charge in [0.05, 0.1) is 18.8 Å². The van der Waals surface area contributed by atoms with Gasteiger partial charge in [-0.1, -0.05) is 0 Å². The molecular formula is C22H24O6. The van der Waals surface area contributed by atoms with E-state index in [-0.39, 0.29) is 18.5 Å². The van der Waals surface area contributed by atoms with E-state index in [0.717, 1.165) is 19.4 Å². The van der Waals surface area contributed by atoms with Crippen molar-refractivity contribution in [3.05, 3.63) is 59.2 Å². The number of Topliss-reactive ketones (excluding diaryl/α,β-unsaturated/α-hetero) is 1. The number of carbonyl (C=O) groups is 2. The van der Waals surface area contributed by atoms with Crippen molar-refractivity contribution in [2.45, 2.75) is 32.5 Å². The van der Waals surface area contributed by atoms with Crippen LogP contribution in [0.4, 0.5) is 0 Å². The van der Waals surface area contributed by atoms with Gasteiger partial charge in [0.25, 0.3) is 0 Å². The van der Waals surface area contributed by atoms with E-state index in [1.165, 1.54) is 14.0 Å². The van der Waals surface area contributed by atoms with Crippen LogP contribution >= 0.6 is 0 Å². The SMILES string of the molecule is COc1ccc(C(C)=O)cc1COC(=O)c1ccc(OC[C@@H]2CCCO2)cc1. The number of hydrogen-bond acceptors (Lipinski definition) is 6. The van der Waals surface area contributed by atoms with Crippen molar-refractivity contribution in [1.82, 2.24) is 0 Å². The molecule has 1 atom stereocenters. The van der Waals surface area contributed by atoms with E-state index in [9.17, 15) is 9.59 Å². The van der Waals surface area contributed by atoms with Crippen LogP contribution in [-0.2, 0) is 16.1 Å². The molecule has 1 aliphatic heterocycles. The van der Waals surface area contributed by atoms with Crippen molar-refractivity contribution in [3.8, 4) is 11.5 Å². The summed E-state index contributed by atoms with van der Waals surface area (Å²) in [5.41, 5.74) is 1.60. The Morgan fingerprint density at radius 2 is 1.86 bits per heavy atom. The van der Waals surface area contributed by atoms with Gasteiger partial charge in [-0.25, -0.2) is 4.79 Å². The lowest BCUT2D eigenvalue weighted by atomic mass is 10.1. The molecule has 0 N–H and O–H groups in total. The first kappa shape index (κ1) is 19.9. The largest absolute Gasteiger partial charge is 0.496 e. The van der Waals surface area contributed by atoms with Crippen molar-refractivity contribution in [2.24, 2.45) is 0 Å². The molecule has 6 nitrogen and oxygen atoms in total. The van der Waals surface area contributed by atoms with Gasteiger partial charge in [0.2, 0.25) is 0 Å². The fraction of sp³-hybridized carbons (Fsp3) is 0.364. The molecule has 2 aromatic rings. The number of ether oxygens (including phenoxy) is 4. The number of carbonyl (C=O) groups excluding carboxylic acids is 2. The molecule has 3 rings (SSSR count). The van der Waals surface area contributed by atoms with Crippen LogP contribution in [0.25, 0.3) is 0 Å². The molecular weight excluding hydrogens is 360 g/mol. The lowest BCUT2D eigenvalue weighted by Gasteiger charge is -2.12. The van der Waals surface area contributed by atoms with E-state index in [4.69, 9.17) is 18.9 Å². The average molecular weight is 384 g/mol. The fourth-order valence-electron chi connectivity index (χ4n) is 2.99. The standard InChI is InChI=1S/C22H24O6/c1-15(23)17-7-10-21(25-2)18(12-17)13-28-22(24)16-5-8-19(9-6-16)27-14-20-4-3-11-26-20/h5-10,12,20H,3-4,11,13-14H2,1-2H3/t20-/m0/s1. The summed E-state index contributed by atoms with van der Waals surface area (Å²) in [4.78, 5) is 23.9. The lowest BCUT2D eigenvalue weighted by molar-refractivity contribution is 0.0469. The van der Waals surface area contributed by atoms with Crippen molar-refractivity contribution < 1.29 is 28.5 Å². The number of ketones is 1. The van der Waals surface area contributed by atoms with Crippen molar-refractivity contribution >= 4 is 11.8 Å². The minimum absolute atomic E-state index is 0.0143. The molecule has 1 heterocycles. The number of hydrogen-bond donors (Lipinski definition) is 0. The van der Waals surface area contributed by atoms with Crippen LogP contribution in [-0.4, -0.2) is 38.2 Å². The third-order valence-corrected chi connectivity index (χ3v) is 4.60. The second-order valence-electron chi connectivity index (χ2n) is 6.63. The molecule has 2 aromatic carbocycles. The monoisotopic (exact) mass is 384 g/mol. The molecule has 0 bridgehead atoms. The number of esters is 1. The summed E-state index contributed by atoms with van der Waals surface area (Å²) in [5.74, 6) is 0.730. The molecule has 1 saturated heterocycles. The van der Waals surface area contributed by atoms with Crippen LogP contribution in [0.2, 0.25) is 0 Å². The summed E-state index contributed by atoms with van der Waals surface area (Å²) in [6.45, 7) is 2.80. The first-order valence-corrected chi connectivity index (χ1v) is 9.26. The zero-order chi connectivity index (χ0) is 19.9. The predicted octanol–water partition coefficient (Wildman–Crippen LogP) is 3.81. The third kappa shape index (κ3) is 5.10. The minimum atomic E-state index is -0.457. The Morgan fingerprint density at radius 1 is 1.11 bits per heavy atom. The maximum Gasteiger partial charge on any atom is 0.338 e. The zero-order valence-electron chi connectivity index (χ0n) is 16.1. The Hall–Kier alpha value is -2.86. The number of methoxy groups -OCH3 is 1. The van der Waals surface area contributed by atoms with Crippen molar-refractivity contribution in [2.75, 3.05) is 20.3 Å². The molecule has 148 valence electrons. The van der Waals surface area contributed by atoms with E-state index >= 15 is 0 Å². The maximum absolute atomic E-state index is 12.3. The van der Waals surface area contributed by atoms with Crippen LogP contribution in [0.15, 0.2) is 42.5 Å². The van der Waals surface area contributed by atoms with Crippen LogP contribution in [0.3, 0.4) is 0 Å². The van der Waals surface area contributed by atoms with E-state index in [1.54, 1.807) is 42.5 Å². The Balaban J connectivity index is 1.57. The van der Waals surface area contributed by atoms with Gasteiger partial charge in [-0.05, 0) is 62.2 Å². The summed E-state index contributed by atoms with van der Waals surface area (Å²) in [5, 5.41) is 0. The van der Waals surface area contributed by atoms with Crippen LogP contribution in [0.5, 0.6) is 11.5 Å². The summed E-state index contributed by atoms with van der Waals surface area (Å²) in [6.07, 6.45) is 2.22. The molecule has 0 aromatic heterocycles. The van der Waals surface area contributed by atoms with Gasteiger partial charge < -0.3 is 18.9 Å². The van der Waals surface area contributed by atoms with Gasteiger partial charge in [0.1, 0.15) is 24.7 Å².